The standard InChI is InChI=1S/C21H25FN2O2/c1-25-20-9-5-16(6-10-20)18-11-13-24(15-18)14-12-21(23-26-2)17-3-7-19(22)8-4-17/h3-10,18H,11-15H2,1-2H3/b23-21+. The van der Waals surface area contributed by atoms with Crippen LogP contribution in [-0.2, 0) is 4.84 Å². The van der Waals surface area contributed by atoms with E-state index < -0.39 is 0 Å². The van der Waals surface area contributed by atoms with Crippen LogP contribution >= 0.6 is 0 Å². The van der Waals surface area contributed by atoms with E-state index in [1.54, 1.807) is 26.4 Å². The number of likely N-dealkylation sites (tertiary alicyclic amines) is 1. The lowest BCUT2D eigenvalue weighted by molar-refractivity contribution is 0.212. The molecular formula is C21H25FN2O2. The fraction of sp³-hybridized carbons (Fsp3) is 0.381. The van der Waals surface area contributed by atoms with Crippen molar-refractivity contribution in [3.8, 4) is 5.75 Å². The molecule has 1 atom stereocenters. The number of rotatable bonds is 7. The van der Waals surface area contributed by atoms with Gasteiger partial charge in [-0.2, -0.15) is 0 Å². The van der Waals surface area contributed by atoms with Gasteiger partial charge in [0.2, 0.25) is 0 Å². The van der Waals surface area contributed by atoms with Gasteiger partial charge in [0.05, 0.1) is 12.8 Å². The minimum atomic E-state index is -0.243. The molecule has 2 aromatic carbocycles. The van der Waals surface area contributed by atoms with Crippen molar-refractivity contribution in [3.63, 3.8) is 0 Å². The van der Waals surface area contributed by atoms with Crippen LogP contribution in [0.4, 0.5) is 4.39 Å². The van der Waals surface area contributed by atoms with Crippen LogP contribution in [0.3, 0.4) is 0 Å². The summed E-state index contributed by atoms with van der Waals surface area (Å²) in [7, 11) is 3.23. The first-order chi connectivity index (χ1) is 12.7. The zero-order valence-electron chi connectivity index (χ0n) is 15.3. The third kappa shape index (κ3) is 4.61. The van der Waals surface area contributed by atoms with E-state index in [1.165, 1.54) is 17.7 Å². The molecule has 0 amide bonds. The second kappa shape index (κ2) is 8.81. The van der Waals surface area contributed by atoms with Crippen molar-refractivity contribution in [3.05, 3.63) is 65.5 Å². The molecule has 0 N–H and O–H groups in total. The Morgan fingerprint density at radius 2 is 1.85 bits per heavy atom. The molecule has 0 radical (unpaired) electrons. The Bertz CT molecular complexity index is 729. The molecule has 3 rings (SSSR count). The number of oxime groups is 1. The van der Waals surface area contributed by atoms with E-state index in [4.69, 9.17) is 9.57 Å². The molecule has 1 aliphatic rings. The predicted octanol–water partition coefficient (Wildman–Crippen LogP) is 4.06. The lowest BCUT2D eigenvalue weighted by Crippen LogP contribution is -2.24. The molecule has 1 unspecified atom stereocenters. The van der Waals surface area contributed by atoms with E-state index in [1.807, 2.05) is 12.1 Å². The minimum absolute atomic E-state index is 0.243. The van der Waals surface area contributed by atoms with Crippen LogP contribution in [0.15, 0.2) is 53.7 Å². The van der Waals surface area contributed by atoms with Crippen LogP contribution in [0.2, 0.25) is 0 Å². The minimum Gasteiger partial charge on any atom is -0.497 e. The molecule has 138 valence electrons. The molecule has 0 bridgehead atoms. The van der Waals surface area contributed by atoms with Gasteiger partial charge in [0.25, 0.3) is 0 Å². The van der Waals surface area contributed by atoms with Crippen molar-refractivity contribution >= 4 is 5.71 Å². The van der Waals surface area contributed by atoms with E-state index in [9.17, 15) is 4.39 Å². The maximum Gasteiger partial charge on any atom is 0.123 e. The highest BCUT2D eigenvalue weighted by molar-refractivity contribution is 6.00. The Morgan fingerprint density at radius 1 is 1.12 bits per heavy atom. The first-order valence-electron chi connectivity index (χ1n) is 8.92. The Morgan fingerprint density at radius 3 is 2.50 bits per heavy atom. The summed E-state index contributed by atoms with van der Waals surface area (Å²) in [5.41, 5.74) is 3.11. The maximum absolute atomic E-state index is 13.1. The number of hydrogen-bond donors (Lipinski definition) is 0. The van der Waals surface area contributed by atoms with Gasteiger partial charge in [0, 0.05) is 19.5 Å². The van der Waals surface area contributed by atoms with E-state index >= 15 is 0 Å². The number of hydrogen-bond acceptors (Lipinski definition) is 4. The van der Waals surface area contributed by atoms with Gasteiger partial charge in [-0.3, -0.25) is 0 Å². The Hall–Kier alpha value is -2.40. The maximum atomic E-state index is 13.1. The summed E-state index contributed by atoms with van der Waals surface area (Å²) in [5.74, 6) is 1.20. The molecule has 1 heterocycles. The van der Waals surface area contributed by atoms with Crippen molar-refractivity contribution in [1.82, 2.24) is 4.90 Å². The second-order valence-electron chi connectivity index (χ2n) is 6.54. The molecular weight excluding hydrogens is 331 g/mol. The van der Waals surface area contributed by atoms with Gasteiger partial charge < -0.3 is 14.5 Å². The Labute approximate surface area is 154 Å². The summed E-state index contributed by atoms with van der Waals surface area (Å²) in [4.78, 5) is 7.43. The molecule has 1 fully saturated rings. The fourth-order valence-electron chi connectivity index (χ4n) is 3.44. The van der Waals surface area contributed by atoms with Gasteiger partial charge in [0.1, 0.15) is 18.7 Å². The molecule has 5 heteroatoms. The highest BCUT2D eigenvalue weighted by Gasteiger charge is 2.24. The summed E-state index contributed by atoms with van der Waals surface area (Å²) in [6.45, 7) is 3.02. The van der Waals surface area contributed by atoms with Gasteiger partial charge in [-0.15, -0.1) is 0 Å². The second-order valence-corrected chi connectivity index (χ2v) is 6.54. The molecule has 26 heavy (non-hydrogen) atoms. The lowest BCUT2D eigenvalue weighted by Gasteiger charge is -2.17. The molecule has 1 aliphatic heterocycles. The van der Waals surface area contributed by atoms with Crippen molar-refractivity contribution in [2.75, 3.05) is 33.9 Å². The number of halogens is 1. The summed E-state index contributed by atoms with van der Waals surface area (Å²) in [5, 5.41) is 4.13. The molecule has 1 saturated heterocycles. The summed E-state index contributed by atoms with van der Waals surface area (Å²) in [6, 6.07) is 14.8. The van der Waals surface area contributed by atoms with E-state index in [-0.39, 0.29) is 5.82 Å². The molecule has 0 aliphatic carbocycles. The Balaban J connectivity index is 1.57. The molecule has 0 saturated carbocycles. The van der Waals surface area contributed by atoms with Crippen molar-refractivity contribution in [1.29, 1.82) is 0 Å². The number of methoxy groups -OCH3 is 1. The van der Waals surface area contributed by atoms with E-state index in [0.29, 0.717) is 5.92 Å². The van der Waals surface area contributed by atoms with Gasteiger partial charge in [-0.25, -0.2) is 4.39 Å². The third-order valence-electron chi connectivity index (χ3n) is 4.90. The van der Waals surface area contributed by atoms with Crippen molar-refractivity contribution in [2.45, 2.75) is 18.8 Å². The average Bonchev–Trinajstić information content (AvgIpc) is 3.15. The summed E-state index contributed by atoms with van der Waals surface area (Å²) < 4.78 is 18.4. The number of nitrogens with zero attached hydrogens (tertiary/aromatic N) is 2. The topological polar surface area (TPSA) is 34.1 Å². The van der Waals surface area contributed by atoms with Gasteiger partial charge >= 0.3 is 0 Å². The quantitative estimate of drug-likeness (QED) is 0.554. The smallest absolute Gasteiger partial charge is 0.123 e. The van der Waals surface area contributed by atoms with E-state index in [0.717, 1.165) is 49.5 Å². The van der Waals surface area contributed by atoms with Gasteiger partial charge in [-0.05, 0) is 54.3 Å². The first-order valence-corrected chi connectivity index (χ1v) is 8.92. The normalized spacial score (nSPS) is 18.1. The molecule has 2 aromatic rings. The summed E-state index contributed by atoms with van der Waals surface area (Å²) in [6.07, 6.45) is 1.93. The number of ether oxygens (including phenoxy) is 1. The van der Waals surface area contributed by atoms with Crippen molar-refractivity contribution < 1.29 is 14.0 Å². The molecule has 0 aromatic heterocycles. The number of benzene rings is 2. The van der Waals surface area contributed by atoms with Crippen molar-refractivity contribution in [2.24, 2.45) is 5.16 Å². The molecule has 0 spiro atoms. The summed E-state index contributed by atoms with van der Waals surface area (Å²) >= 11 is 0. The zero-order chi connectivity index (χ0) is 18.4. The fourth-order valence-corrected chi connectivity index (χ4v) is 3.44. The van der Waals surface area contributed by atoms with Crippen LogP contribution in [0.5, 0.6) is 5.75 Å². The predicted molar refractivity (Wildman–Crippen MR) is 101 cm³/mol. The van der Waals surface area contributed by atoms with Crippen LogP contribution in [0, 0.1) is 5.82 Å². The lowest BCUT2D eigenvalue weighted by atomic mass is 9.98. The van der Waals surface area contributed by atoms with Crippen LogP contribution in [-0.4, -0.2) is 44.5 Å². The highest BCUT2D eigenvalue weighted by atomic mass is 19.1. The highest BCUT2D eigenvalue weighted by Crippen LogP contribution is 2.28. The zero-order valence-corrected chi connectivity index (χ0v) is 15.3. The van der Waals surface area contributed by atoms with Crippen LogP contribution in [0.25, 0.3) is 0 Å². The van der Waals surface area contributed by atoms with Crippen LogP contribution < -0.4 is 4.74 Å². The van der Waals surface area contributed by atoms with E-state index in [2.05, 4.69) is 22.2 Å². The molecule has 4 nitrogen and oxygen atoms in total. The first kappa shape index (κ1) is 18.4. The van der Waals surface area contributed by atoms with Crippen LogP contribution in [0.1, 0.15) is 29.9 Å². The average molecular weight is 356 g/mol. The van der Waals surface area contributed by atoms with Gasteiger partial charge in [0.15, 0.2) is 0 Å². The largest absolute Gasteiger partial charge is 0.497 e. The SMILES string of the molecule is CO/N=C(\CCN1CCC(c2ccc(OC)cc2)C1)c1ccc(F)cc1. The van der Waals surface area contributed by atoms with Gasteiger partial charge in [-0.1, -0.05) is 29.4 Å². The monoisotopic (exact) mass is 356 g/mol. The third-order valence-corrected chi connectivity index (χ3v) is 4.90. The Kier molecular flexibility index (Phi) is 6.23.